The number of carbonyl (C=O) groups excluding carboxylic acids is 2. The number of hydrogen-bond acceptors (Lipinski definition) is 4. The van der Waals surface area contributed by atoms with Crippen LogP contribution in [-0.4, -0.2) is 55.2 Å². The van der Waals surface area contributed by atoms with E-state index >= 15 is 0 Å². The van der Waals surface area contributed by atoms with Crippen LogP contribution in [-0.2, 0) is 9.53 Å². The second-order valence-electron chi connectivity index (χ2n) is 4.43. The van der Waals surface area contributed by atoms with Crippen molar-refractivity contribution in [3.63, 3.8) is 0 Å². The van der Waals surface area contributed by atoms with Gasteiger partial charge in [0.1, 0.15) is 5.54 Å². The largest absolute Gasteiger partial charge is 0.381 e. The predicted molar refractivity (Wildman–Crippen MR) is 61.6 cm³/mol. The summed E-state index contributed by atoms with van der Waals surface area (Å²) in [6, 6.07) is -0.269. The Morgan fingerprint density at radius 2 is 2.12 bits per heavy atom. The molecule has 17 heavy (non-hydrogen) atoms. The maximum Gasteiger partial charge on any atom is 0.325 e. The van der Waals surface area contributed by atoms with E-state index in [1.165, 1.54) is 4.90 Å². The van der Waals surface area contributed by atoms with Gasteiger partial charge < -0.3 is 15.4 Å². The Bertz CT molecular complexity index is 313. The highest BCUT2D eigenvalue weighted by atomic mass is 16.5. The van der Waals surface area contributed by atoms with Crippen LogP contribution in [0.25, 0.3) is 0 Å². The van der Waals surface area contributed by atoms with Crippen molar-refractivity contribution in [2.75, 3.05) is 32.8 Å². The lowest BCUT2D eigenvalue weighted by molar-refractivity contribution is -0.134. The Hall–Kier alpha value is -1.14. The van der Waals surface area contributed by atoms with E-state index in [4.69, 9.17) is 4.74 Å². The van der Waals surface area contributed by atoms with Gasteiger partial charge in [-0.15, -0.1) is 0 Å². The molecule has 2 aliphatic heterocycles. The highest BCUT2D eigenvalue weighted by Crippen LogP contribution is 2.27. The van der Waals surface area contributed by atoms with Gasteiger partial charge in [-0.2, -0.15) is 0 Å². The fourth-order valence-electron chi connectivity index (χ4n) is 2.31. The maximum absolute atomic E-state index is 12.2. The van der Waals surface area contributed by atoms with Gasteiger partial charge in [-0.1, -0.05) is 6.92 Å². The zero-order valence-electron chi connectivity index (χ0n) is 10.1. The molecule has 1 spiro atoms. The maximum atomic E-state index is 12.2. The molecule has 2 fully saturated rings. The molecule has 2 saturated heterocycles. The molecule has 0 unspecified atom stereocenters. The molecule has 0 aromatic carbocycles. The average Bonchev–Trinajstić information content (AvgIpc) is 2.55. The minimum Gasteiger partial charge on any atom is -0.381 e. The number of amides is 3. The third-order valence-electron chi connectivity index (χ3n) is 3.35. The number of ether oxygens (including phenoxy) is 1. The first-order chi connectivity index (χ1) is 8.19. The van der Waals surface area contributed by atoms with Crippen molar-refractivity contribution in [2.24, 2.45) is 0 Å². The summed E-state index contributed by atoms with van der Waals surface area (Å²) in [6.45, 7) is 4.97. The SMILES string of the molecule is CCNCCN1C(=O)NC2(CCOCC2)C1=O. The molecule has 0 atom stereocenters. The van der Waals surface area contributed by atoms with Gasteiger partial charge in [0.25, 0.3) is 5.91 Å². The van der Waals surface area contributed by atoms with E-state index in [9.17, 15) is 9.59 Å². The number of rotatable bonds is 4. The van der Waals surface area contributed by atoms with E-state index in [0.29, 0.717) is 39.1 Å². The summed E-state index contributed by atoms with van der Waals surface area (Å²) >= 11 is 0. The lowest BCUT2D eigenvalue weighted by Gasteiger charge is -2.30. The van der Waals surface area contributed by atoms with E-state index in [2.05, 4.69) is 10.6 Å². The van der Waals surface area contributed by atoms with Crippen LogP contribution in [0.1, 0.15) is 19.8 Å². The lowest BCUT2D eigenvalue weighted by Crippen LogP contribution is -2.51. The lowest BCUT2D eigenvalue weighted by atomic mass is 9.90. The molecule has 2 heterocycles. The number of nitrogens with one attached hydrogen (secondary N) is 2. The van der Waals surface area contributed by atoms with E-state index < -0.39 is 5.54 Å². The summed E-state index contributed by atoms with van der Waals surface area (Å²) in [7, 11) is 0. The predicted octanol–water partition coefficient (Wildman–Crippen LogP) is -0.303. The third-order valence-corrected chi connectivity index (χ3v) is 3.35. The van der Waals surface area contributed by atoms with Crippen LogP contribution >= 0.6 is 0 Å². The Morgan fingerprint density at radius 3 is 2.76 bits per heavy atom. The van der Waals surface area contributed by atoms with Gasteiger partial charge in [0.15, 0.2) is 0 Å². The number of urea groups is 1. The molecule has 2 rings (SSSR count). The van der Waals surface area contributed by atoms with Gasteiger partial charge in [-0.25, -0.2) is 4.79 Å². The van der Waals surface area contributed by atoms with Gasteiger partial charge in [0.2, 0.25) is 0 Å². The van der Waals surface area contributed by atoms with Gasteiger partial charge in [-0.05, 0) is 6.54 Å². The summed E-state index contributed by atoms with van der Waals surface area (Å²) < 4.78 is 5.24. The van der Waals surface area contributed by atoms with Crippen molar-refractivity contribution in [1.29, 1.82) is 0 Å². The van der Waals surface area contributed by atoms with Crippen LogP contribution in [0.4, 0.5) is 4.79 Å². The highest BCUT2D eigenvalue weighted by molar-refractivity contribution is 6.07. The molecular weight excluding hydrogens is 222 g/mol. The normalized spacial score (nSPS) is 23.2. The third kappa shape index (κ3) is 2.28. The Balaban J connectivity index is 2.00. The molecule has 0 aromatic heterocycles. The van der Waals surface area contributed by atoms with Crippen LogP contribution in [0.3, 0.4) is 0 Å². The first-order valence-corrected chi connectivity index (χ1v) is 6.12. The Kier molecular flexibility index (Phi) is 3.63. The molecule has 0 saturated carbocycles. The number of carbonyl (C=O) groups is 2. The van der Waals surface area contributed by atoms with Gasteiger partial charge in [0, 0.05) is 39.1 Å². The van der Waals surface area contributed by atoms with Crippen LogP contribution in [0.15, 0.2) is 0 Å². The molecule has 0 bridgehead atoms. The molecule has 2 N–H and O–H groups in total. The van der Waals surface area contributed by atoms with Crippen molar-refractivity contribution in [3.05, 3.63) is 0 Å². The van der Waals surface area contributed by atoms with Gasteiger partial charge in [-0.3, -0.25) is 9.69 Å². The molecule has 6 heteroatoms. The molecule has 0 aromatic rings. The highest BCUT2D eigenvalue weighted by Gasteiger charge is 2.51. The van der Waals surface area contributed by atoms with Crippen LogP contribution in [0.5, 0.6) is 0 Å². The van der Waals surface area contributed by atoms with Crippen molar-refractivity contribution >= 4 is 11.9 Å². The number of hydrogen-bond donors (Lipinski definition) is 2. The Labute approximate surface area is 101 Å². The fraction of sp³-hybridized carbons (Fsp3) is 0.818. The van der Waals surface area contributed by atoms with E-state index in [1.807, 2.05) is 6.92 Å². The summed E-state index contributed by atoms with van der Waals surface area (Å²) in [5, 5.41) is 5.93. The van der Waals surface area contributed by atoms with Crippen molar-refractivity contribution < 1.29 is 14.3 Å². The van der Waals surface area contributed by atoms with E-state index in [1.54, 1.807) is 0 Å². The molecule has 6 nitrogen and oxygen atoms in total. The smallest absolute Gasteiger partial charge is 0.325 e. The number of imide groups is 1. The van der Waals surface area contributed by atoms with Crippen LogP contribution < -0.4 is 10.6 Å². The first-order valence-electron chi connectivity index (χ1n) is 6.12. The quantitative estimate of drug-likeness (QED) is 0.523. The summed E-state index contributed by atoms with van der Waals surface area (Å²) in [4.78, 5) is 25.3. The second kappa shape index (κ2) is 5.01. The standard InChI is InChI=1S/C11H19N3O3/c1-2-12-5-6-14-9(15)11(13-10(14)16)3-7-17-8-4-11/h12H,2-8H2,1H3,(H,13,16). The van der Waals surface area contributed by atoms with E-state index in [0.717, 1.165) is 6.54 Å². The zero-order valence-corrected chi connectivity index (χ0v) is 10.1. The van der Waals surface area contributed by atoms with Crippen molar-refractivity contribution in [1.82, 2.24) is 15.5 Å². The topological polar surface area (TPSA) is 70.7 Å². The summed E-state index contributed by atoms with van der Waals surface area (Å²) in [6.07, 6.45) is 1.16. The minimum atomic E-state index is -0.693. The molecule has 0 aliphatic carbocycles. The molecule has 0 radical (unpaired) electrons. The molecule has 96 valence electrons. The van der Waals surface area contributed by atoms with E-state index in [-0.39, 0.29) is 11.9 Å². The summed E-state index contributed by atoms with van der Waals surface area (Å²) in [5.74, 6) is -0.0938. The molecule has 3 amide bonds. The number of nitrogens with zero attached hydrogens (tertiary/aromatic N) is 1. The van der Waals surface area contributed by atoms with Crippen molar-refractivity contribution in [3.8, 4) is 0 Å². The minimum absolute atomic E-state index is 0.0938. The molecular formula is C11H19N3O3. The first kappa shape index (κ1) is 12.3. The summed E-state index contributed by atoms with van der Waals surface area (Å²) in [5.41, 5.74) is -0.693. The number of likely N-dealkylation sites (N-methyl/N-ethyl adjacent to an activating group) is 1. The second-order valence-corrected chi connectivity index (χ2v) is 4.43. The van der Waals surface area contributed by atoms with Crippen LogP contribution in [0, 0.1) is 0 Å². The molecule has 2 aliphatic rings. The van der Waals surface area contributed by atoms with Gasteiger partial charge in [0.05, 0.1) is 0 Å². The van der Waals surface area contributed by atoms with Gasteiger partial charge >= 0.3 is 6.03 Å². The average molecular weight is 241 g/mol. The Morgan fingerprint density at radius 1 is 1.41 bits per heavy atom. The fourth-order valence-corrected chi connectivity index (χ4v) is 2.31. The monoisotopic (exact) mass is 241 g/mol. The van der Waals surface area contributed by atoms with Crippen LogP contribution in [0.2, 0.25) is 0 Å². The zero-order chi connectivity index (χ0) is 12.3. The van der Waals surface area contributed by atoms with Crippen molar-refractivity contribution in [2.45, 2.75) is 25.3 Å².